The lowest BCUT2D eigenvalue weighted by Gasteiger charge is -2.32. The molecular formula is C18H20N2O3. The van der Waals surface area contributed by atoms with Gasteiger partial charge >= 0.3 is 0 Å². The Labute approximate surface area is 135 Å². The molecular weight excluding hydrogens is 292 g/mol. The lowest BCUT2D eigenvalue weighted by atomic mass is 9.98. The number of aromatic nitrogens is 1. The van der Waals surface area contributed by atoms with Gasteiger partial charge < -0.3 is 9.74 Å². The molecule has 1 atom stereocenters. The van der Waals surface area contributed by atoms with Gasteiger partial charge in [0, 0.05) is 37.7 Å². The zero-order chi connectivity index (χ0) is 16.1. The number of pyridine rings is 1. The number of carbonyl (C=O) groups is 1. The number of hydrogen-bond acceptors (Lipinski definition) is 3. The lowest BCUT2D eigenvalue weighted by Crippen LogP contribution is -2.42. The van der Waals surface area contributed by atoms with Crippen LogP contribution >= 0.6 is 0 Å². The Kier molecular flexibility index (Phi) is 4.76. The van der Waals surface area contributed by atoms with E-state index in [0.29, 0.717) is 26.1 Å². The molecule has 1 aromatic carbocycles. The molecule has 23 heavy (non-hydrogen) atoms. The molecule has 1 aliphatic rings. The van der Waals surface area contributed by atoms with Crippen molar-refractivity contribution in [2.24, 2.45) is 5.92 Å². The van der Waals surface area contributed by atoms with E-state index < -0.39 is 0 Å². The van der Waals surface area contributed by atoms with E-state index in [1.165, 1.54) is 10.8 Å². The van der Waals surface area contributed by atoms with Crippen molar-refractivity contribution in [2.45, 2.75) is 19.4 Å². The SMILES string of the molecule is O=C1CCC(COn2ccccc2=O)CN1Cc1ccccc1. The summed E-state index contributed by atoms with van der Waals surface area (Å²) in [7, 11) is 0. The van der Waals surface area contributed by atoms with Crippen LogP contribution in [-0.4, -0.2) is 28.7 Å². The Hall–Kier alpha value is -2.56. The molecule has 120 valence electrons. The highest BCUT2D eigenvalue weighted by Gasteiger charge is 2.26. The summed E-state index contributed by atoms with van der Waals surface area (Å²) < 4.78 is 1.25. The fourth-order valence-electron chi connectivity index (χ4n) is 2.79. The maximum atomic E-state index is 12.1. The van der Waals surface area contributed by atoms with Crippen molar-refractivity contribution in [1.82, 2.24) is 9.63 Å². The van der Waals surface area contributed by atoms with Gasteiger partial charge in [-0.05, 0) is 18.1 Å². The van der Waals surface area contributed by atoms with Gasteiger partial charge in [0.05, 0.1) is 0 Å². The first-order chi connectivity index (χ1) is 11.2. The summed E-state index contributed by atoms with van der Waals surface area (Å²) in [5.41, 5.74) is 0.947. The van der Waals surface area contributed by atoms with Gasteiger partial charge in [0.2, 0.25) is 5.91 Å². The zero-order valence-electron chi connectivity index (χ0n) is 12.9. The molecule has 1 unspecified atom stereocenters. The molecule has 5 nitrogen and oxygen atoms in total. The lowest BCUT2D eigenvalue weighted by molar-refractivity contribution is -0.136. The summed E-state index contributed by atoms with van der Waals surface area (Å²) in [5.74, 6) is 0.422. The number of benzene rings is 1. The third-order valence-electron chi connectivity index (χ3n) is 4.05. The average molecular weight is 312 g/mol. The van der Waals surface area contributed by atoms with E-state index in [1.54, 1.807) is 18.3 Å². The summed E-state index contributed by atoms with van der Waals surface area (Å²) in [6.07, 6.45) is 2.94. The van der Waals surface area contributed by atoms with Crippen LogP contribution in [0.3, 0.4) is 0 Å². The molecule has 0 N–H and O–H groups in total. The number of rotatable bonds is 5. The second-order valence-electron chi connectivity index (χ2n) is 5.82. The number of nitrogens with zero attached hydrogens (tertiary/aromatic N) is 2. The summed E-state index contributed by atoms with van der Waals surface area (Å²) in [6, 6.07) is 14.9. The molecule has 0 spiro atoms. The Morgan fingerprint density at radius 3 is 2.61 bits per heavy atom. The number of hydrogen-bond donors (Lipinski definition) is 0. The number of carbonyl (C=O) groups excluding carboxylic acids is 1. The molecule has 1 saturated heterocycles. The van der Waals surface area contributed by atoms with Crippen molar-refractivity contribution >= 4 is 5.91 Å². The van der Waals surface area contributed by atoms with Crippen LogP contribution in [0.25, 0.3) is 0 Å². The topological polar surface area (TPSA) is 51.5 Å². The number of likely N-dealkylation sites (tertiary alicyclic amines) is 1. The van der Waals surface area contributed by atoms with E-state index >= 15 is 0 Å². The second-order valence-corrected chi connectivity index (χ2v) is 5.82. The van der Waals surface area contributed by atoms with Gasteiger partial charge in [0.1, 0.15) is 6.61 Å². The van der Waals surface area contributed by atoms with Gasteiger partial charge in [-0.1, -0.05) is 36.4 Å². The van der Waals surface area contributed by atoms with Gasteiger partial charge in [-0.25, -0.2) is 0 Å². The van der Waals surface area contributed by atoms with Crippen LogP contribution in [0, 0.1) is 5.92 Å². The highest BCUT2D eigenvalue weighted by molar-refractivity contribution is 5.76. The highest BCUT2D eigenvalue weighted by atomic mass is 16.7. The van der Waals surface area contributed by atoms with Crippen LogP contribution in [0.4, 0.5) is 0 Å². The summed E-state index contributed by atoms with van der Waals surface area (Å²) in [5, 5.41) is 0. The van der Waals surface area contributed by atoms with Gasteiger partial charge in [-0.15, -0.1) is 0 Å². The van der Waals surface area contributed by atoms with E-state index in [-0.39, 0.29) is 17.4 Å². The molecule has 1 amide bonds. The third-order valence-corrected chi connectivity index (χ3v) is 4.05. The molecule has 0 radical (unpaired) electrons. The maximum Gasteiger partial charge on any atom is 0.282 e. The quantitative estimate of drug-likeness (QED) is 0.844. The van der Waals surface area contributed by atoms with E-state index in [2.05, 4.69) is 0 Å². The van der Waals surface area contributed by atoms with Crippen LogP contribution in [0.15, 0.2) is 59.5 Å². The predicted octanol–water partition coefficient (Wildman–Crippen LogP) is 1.72. The molecule has 3 rings (SSSR count). The van der Waals surface area contributed by atoms with E-state index in [9.17, 15) is 9.59 Å². The fourth-order valence-corrected chi connectivity index (χ4v) is 2.79. The van der Waals surface area contributed by atoms with Gasteiger partial charge in [-0.3, -0.25) is 9.59 Å². The molecule has 1 aromatic heterocycles. The normalized spacial score (nSPS) is 18.0. The van der Waals surface area contributed by atoms with E-state index in [1.807, 2.05) is 35.2 Å². The van der Waals surface area contributed by atoms with E-state index in [4.69, 9.17) is 4.84 Å². The monoisotopic (exact) mass is 312 g/mol. The van der Waals surface area contributed by atoms with Crippen molar-refractivity contribution in [2.75, 3.05) is 13.2 Å². The molecule has 2 heterocycles. The Balaban J connectivity index is 1.58. The van der Waals surface area contributed by atoms with Crippen LogP contribution in [0.5, 0.6) is 0 Å². The number of piperidine rings is 1. The first kappa shape index (κ1) is 15.3. The van der Waals surface area contributed by atoms with Crippen LogP contribution in [0.1, 0.15) is 18.4 Å². The Morgan fingerprint density at radius 1 is 1.04 bits per heavy atom. The van der Waals surface area contributed by atoms with Gasteiger partial charge in [0.25, 0.3) is 5.56 Å². The van der Waals surface area contributed by atoms with Crippen LogP contribution in [-0.2, 0) is 11.3 Å². The standard InChI is InChI=1S/C18H20N2O3/c21-17-10-9-16(14-23-20-11-5-4-8-18(20)22)13-19(17)12-15-6-2-1-3-7-15/h1-8,11,16H,9-10,12-14H2. The largest absolute Gasteiger partial charge is 0.410 e. The molecule has 5 heteroatoms. The summed E-state index contributed by atoms with van der Waals surface area (Å²) in [4.78, 5) is 31.2. The van der Waals surface area contributed by atoms with Crippen molar-refractivity contribution in [3.05, 3.63) is 70.6 Å². The van der Waals surface area contributed by atoms with Gasteiger partial charge in [0.15, 0.2) is 0 Å². The summed E-state index contributed by atoms with van der Waals surface area (Å²) >= 11 is 0. The second kappa shape index (κ2) is 7.13. The molecule has 1 fully saturated rings. The molecule has 0 saturated carbocycles. The van der Waals surface area contributed by atoms with E-state index in [0.717, 1.165) is 12.0 Å². The van der Waals surface area contributed by atoms with Crippen LogP contribution in [0.2, 0.25) is 0 Å². The Morgan fingerprint density at radius 2 is 1.83 bits per heavy atom. The molecule has 1 aliphatic heterocycles. The summed E-state index contributed by atoms with van der Waals surface area (Å²) in [6.45, 7) is 1.72. The molecule has 2 aromatic rings. The smallest absolute Gasteiger partial charge is 0.282 e. The van der Waals surface area contributed by atoms with Crippen molar-refractivity contribution in [3.8, 4) is 0 Å². The maximum absolute atomic E-state index is 12.1. The predicted molar refractivity (Wildman–Crippen MR) is 86.7 cm³/mol. The fraction of sp³-hybridized carbons (Fsp3) is 0.333. The third kappa shape index (κ3) is 4.00. The first-order valence-electron chi connectivity index (χ1n) is 7.85. The van der Waals surface area contributed by atoms with Crippen LogP contribution < -0.4 is 10.4 Å². The first-order valence-corrected chi connectivity index (χ1v) is 7.85. The minimum Gasteiger partial charge on any atom is -0.410 e. The van der Waals surface area contributed by atoms with Crippen molar-refractivity contribution in [1.29, 1.82) is 0 Å². The van der Waals surface area contributed by atoms with Crippen molar-refractivity contribution in [3.63, 3.8) is 0 Å². The molecule has 0 bridgehead atoms. The highest BCUT2D eigenvalue weighted by Crippen LogP contribution is 2.19. The minimum absolute atomic E-state index is 0.180. The minimum atomic E-state index is -0.180. The van der Waals surface area contributed by atoms with Crippen molar-refractivity contribution < 1.29 is 9.63 Å². The average Bonchev–Trinajstić information content (AvgIpc) is 2.58. The Bertz CT molecular complexity index is 711. The van der Waals surface area contributed by atoms with Gasteiger partial charge in [-0.2, -0.15) is 4.73 Å². The molecule has 0 aliphatic carbocycles. The number of amides is 1. The zero-order valence-corrected chi connectivity index (χ0v) is 12.9.